The van der Waals surface area contributed by atoms with Crippen molar-refractivity contribution in [3.63, 3.8) is 0 Å². The van der Waals surface area contributed by atoms with Crippen LogP contribution in [0, 0.1) is 0 Å². The Balaban J connectivity index is 2.13. The molecule has 0 saturated heterocycles. The Morgan fingerprint density at radius 1 is 1.45 bits per heavy atom. The van der Waals surface area contributed by atoms with E-state index in [-0.39, 0.29) is 11.9 Å². The second kappa shape index (κ2) is 6.52. The van der Waals surface area contributed by atoms with Crippen molar-refractivity contribution >= 4 is 22.9 Å². The zero-order chi connectivity index (χ0) is 14.5. The maximum absolute atomic E-state index is 11.4. The molecule has 1 aromatic heterocycles. The summed E-state index contributed by atoms with van der Waals surface area (Å²) in [5, 5.41) is 5.51. The van der Waals surface area contributed by atoms with Crippen LogP contribution >= 0.6 is 11.3 Å². The lowest BCUT2D eigenvalue weighted by Gasteiger charge is -2.20. The normalized spacial score (nSPS) is 11.9. The summed E-state index contributed by atoms with van der Waals surface area (Å²) in [6.07, 6.45) is 0. The van der Waals surface area contributed by atoms with Crippen LogP contribution in [0.2, 0.25) is 0 Å². The highest BCUT2D eigenvalue weighted by Crippen LogP contribution is 2.23. The SMILES string of the molecule is CC(=O)N(C)Cc1ccccc1NC(C)c1cscn1. The number of hydrogen-bond acceptors (Lipinski definition) is 4. The molecule has 1 atom stereocenters. The lowest BCUT2D eigenvalue weighted by molar-refractivity contribution is -0.128. The van der Waals surface area contributed by atoms with Gasteiger partial charge in [0.2, 0.25) is 5.91 Å². The van der Waals surface area contributed by atoms with Crippen molar-refractivity contribution in [2.24, 2.45) is 0 Å². The predicted octanol–water partition coefficient (Wildman–Crippen LogP) is 3.29. The van der Waals surface area contributed by atoms with Crippen molar-refractivity contribution in [1.29, 1.82) is 0 Å². The molecule has 106 valence electrons. The highest BCUT2D eigenvalue weighted by molar-refractivity contribution is 7.07. The van der Waals surface area contributed by atoms with E-state index in [0.29, 0.717) is 6.54 Å². The van der Waals surface area contributed by atoms with Gasteiger partial charge in [0.05, 0.1) is 17.2 Å². The van der Waals surface area contributed by atoms with Gasteiger partial charge in [-0.1, -0.05) is 18.2 Å². The lowest BCUT2D eigenvalue weighted by Crippen LogP contribution is -2.23. The molecule has 2 rings (SSSR count). The van der Waals surface area contributed by atoms with Crippen molar-refractivity contribution in [2.45, 2.75) is 26.4 Å². The second-order valence-corrected chi connectivity index (χ2v) is 5.53. The van der Waals surface area contributed by atoms with Gasteiger partial charge in [0.25, 0.3) is 0 Å². The van der Waals surface area contributed by atoms with Crippen molar-refractivity contribution in [3.8, 4) is 0 Å². The molecule has 0 spiro atoms. The summed E-state index contributed by atoms with van der Waals surface area (Å²) in [5.74, 6) is 0.0624. The second-order valence-electron chi connectivity index (χ2n) is 4.81. The first-order valence-corrected chi connectivity index (χ1v) is 7.46. The summed E-state index contributed by atoms with van der Waals surface area (Å²) < 4.78 is 0. The highest BCUT2D eigenvalue weighted by Gasteiger charge is 2.11. The zero-order valence-corrected chi connectivity index (χ0v) is 12.8. The fraction of sp³-hybridized carbons (Fsp3) is 0.333. The molecule has 1 unspecified atom stereocenters. The summed E-state index contributed by atoms with van der Waals surface area (Å²) in [7, 11) is 1.81. The number of aromatic nitrogens is 1. The molecule has 0 aliphatic rings. The predicted molar refractivity (Wildman–Crippen MR) is 82.7 cm³/mol. The van der Waals surface area contributed by atoms with Crippen molar-refractivity contribution in [2.75, 3.05) is 12.4 Å². The van der Waals surface area contributed by atoms with E-state index < -0.39 is 0 Å². The molecule has 2 aromatic rings. The molecule has 1 N–H and O–H groups in total. The van der Waals surface area contributed by atoms with E-state index in [1.807, 2.05) is 42.2 Å². The molecule has 0 aliphatic carbocycles. The summed E-state index contributed by atoms with van der Waals surface area (Å²) in [6, 6.07) is 8.20. The Hall–Kier alpha value is -1.88. The summed E-state index contributed by atoms with van der Waals surface area (Å²) in [4.78, 5) is 17.4. The van der Waals surface area contributed by atoms with Crippen LogP contribution in [0.1, 0.15) is 31.1 Å². The molecule has 5 heteroatoms. The first kappa shape index (κ1) is 14.5. The van der Waals surface area contributed by atoms with E-state index in [1.54, 1.807) is 23.2 Å². The van der Waals surface area contributed by atoms with Gasteiger partial charge in [-0.05, 0) is 18.6 Å². The highest BCUT2D eigenvalue weighted by atomic mass is 32.1. The van der Waals surface area contributed by atoms with Gasteiger partial charge < -0.3 is 10.2 Å². The van der Waals surface area contributed by atoms with E-state index in [1.165, 1.54) is 0 Å². The smallest absolute Gasteiger partial charge is 0.219 e. The van der Waals surface area contributed by atoms with Gasteiger partial charge in [-0.25, -0.2) is 4.98 Å². The fourth-order valence-electron chi connectivity index (χ4n) is 1.91. The van der Waals surface area contributed by atoms with Gasteiger partial charge in [0, 0.05) is 31.6 Å². The van der Waals surface area contributed by atoms with E-state index in [2.05, 4.69) is 17.2 Å². The minimum Gasteiger partial charge on any atom is -0.377 e. The number of thiazole rings is 1. The lowest BCUT2D eigenvalue weighted by atomic mass is 10.1. The van der Waals surface area contributed by atoms with Gasteiger partial charge in [0.15, 0.2) is 0 Å². The number of nitrogens with zero attached hydrogens (tertiary/aromatic N) is 2. The van der Waals surface area contributed by atoms with Crippen LogP contribution < -0.4 is 5.32 Å². The van der Waals surface area contributed by atoms with Crippen LogP contribution in [0.4, 0.5) is 5.69 Å². The molecular weight excluding hydrogens is 270 g/mol. The molecule has 0 bridgehead atoms. The van der Waals surface area contributed by atoms with Crippen LogP contribution in [0.15, 0.2) is 35.2 Å². The maximum Gasteiger partial charge on any atom is 0.219 e. The van der Waals surface area contributed by atoms with Crippen LogP contribution in [0.5, 0.6) is 0 Å². The van der Waals surface area contributed by atoms with E-state index >= 15 is 0 Å². The van der Waals surface area contributed by atoms with Crippen molar-refractivity contribution in [1.82, 2.24) is 9.88 Å². The van der Waals surface area contributed by atoms with Gasteiger partial charge in [-0.2, -0.15) is 0 Å². The van der Waals surface area contributed by atoms with Crippen molar-refractivity contribution in [3.05, 3.63) is 46.4 Å². The number of anilines is 1. The monoisotopic (exact) mass is 289 g/mol. The molecule has 1 aromatic carbocycles. The van der Waals surface area contributed by atoms with E-state index in [0.717, 1.165) is 16.9 Å². The largest absolute Gasteiger partial charge is 0.377 e. The molecule has 0 fully saturated rings. The summed E-state index contributed by atoms with van der Waals surface area (Å²) in [5.41, 5.74) is 5.02. The number of nitrogens with one attached hydrogen (secondary N) is 1. The molecular formula is C15H19N3OS. The number of hydrogen-bond donors (Lipinski definition) is 1. The van der Waals surface area contributed by atoms with Gasteiger partial charge in [-0.15, -0.1) is 11.3 Å². The number of para-hydroxylation sites is 1. The average Bonchev–Trinajstić information content (AvgIpc) is 2.94. The summed E-state index contributed by atoms with van der Waals surface area (Å²) >= 11 is 1.59. The fourth-order valence-corrected chi connectivity index (χ4v) is 2.56. The Labute approximate surface area is 123 Å². The Bertz CT molecular complexity index is 568. The number of carbonyl (C=O) groups excluding carboxylic acids is 1. The number of amides is 1. The zero-order valence-electron chi connectivity index (χ0n) is 12.0. The van der Waals surface area contributed by atoms with Gasteiger partial charge in [-0.3, -0.25) is 4.79 Å². The third kappa shape index (κ3) is 3.57. The molecule has 1 heterocycles. The number of carbonyl (C=O) groups is 1. The maximum atomic E-state index is 11.4. The number of rotatable bonds is 5. The summed E-state index contributed by atoms with van der Waals surface area (Å²) in [6.45, 7) is 4.26. The van der Waals surface area contributed by atoms with E-state index in [4.69, 9.17) is 0 Å². The Morgan fingerprint density at radius 3 is 2.85 bits per heavy atom. The van der Waals surface area contributed by atoms with Crippen LogP contribution in [0.25, 0.3) is 0 Å². The Kier molecular flexibility index (Phi) is 4.74. The average molecular weight is 289 g/mol. The Morgan fingerprint density at radius 2 is 2.20 bits per heavy atom. The quantitative estimate of drug-likeness (QED) is 0.918. The van der Waals surface area contributed by atoms with Gasteiger partial charge >= 0.3 is 0 Å². The first-order valence-electron chi connectivity index (χ1n) is 6.52. The first-order chi connectivity index (χ1) is 9.58. The minimum atomic E-state index is 0.0624. The van der Waals surface area contributed by atoms with Crippen molar-refractivity contribution < 1.29 is 4.79 Å². The van der Waals surface area contributed by atoms with E-state index in [9.17, 15) is 4.79 Å². The van der Waals surface area contributed by atoms with Crippen LogP contribution in [0.3, 0.4) is 0 Å². The number of benzene rings is 1. The molecule has 4 nitrogen and oxygen atoms in total. The topological polar surface area (TPSA) is 45.2 Å². The van der Waals surface area contributed by atoms with Gasteiger partial charge in [0.1, 0.15) is 0 Å². The third-order valence-corrected chi connectivity index (χ3v) is 3.83. The molecule has 1 amide bonds. The molecule has 0 aliphatic heterocycles. The minimum absolute atomic E-state index is 0.0624. The third-order valence-electron chi connectivity index (χ3n) is 3.23. The standard InChI is InChI=1S/C15H19N3OS/c1-11(15-9-20-10-16-15)17-14-7-5-4-6-13(14)8-18(3)12(2)19/h4-7,9-11,17H,8H2,1-3H3. The van der Waals surface area contributed by atoms with Crippen LogP contribution in [-0.2, 0) is 11.3 Å². The van der Waals surface area contributed by atoms with Crippen LogP contribution in [-0.4, -0.2) is 22.8 Å². The molecule has 20 heavy (non-hydrogen) atoms. The molecule has 0 radical (unpaired) electrons. The molecule has 0 saturated carbocycles.